The molecule has 0 bridgehead atoms. The second kappa shape index (κ2) is 6.50. The van der Waals surface area contributed by atoms with Crippen LogP contribution in [0, 0.1) is 0 Å². The molecule has 5 heteroatoms. The molecule has 3 N–H and O–H groups in total. The molecule has 1 saturated heterocycles. The molecule has 2 atom stereocenters. The van der Waals surface area contributed by atoms with E-state index in [1.54, 1.807) is 6.92 Å². The van der Waals surface area contributed by atoms with Gasteiger partial charge in [0.2, 0.25) is 5.91 Å². The van der Waals surface area contributed by atoms with Gasteiger partial charge in [-0.2, -0.15) is 0 Å². The summed E-state index contributed by atoms with van der Waals surface area (Å²) >= 11 is 3.44. The molecule has 4 nitrogen and oxygen atoms in total. The van der Waals surface area contributed by atoms with Crippen molar-refractivity contribution in [2.75, 3.05) is 19.6 Å². The highest BCUT2D eigenvalue weighted by Gasteiger charge is 2.28. The Morgan fingerprint density at radius 1 is 1.53 bits per heavy atom. The van der Waals surface area contributed by atoms with Crippen molar-refractivity contribution >= 4 is 21.8 Å². The first-order valence-electron chi connectivity index (χ1n) is 6.57. The molecule has 0 saturated carbocycles. The molecule has 1 fully saturated rings. The van der Waals surface area contributed by atoms with Crippen LogP contribution in [0.25, 0.3) is 0 Å². The van der Waals surface area contributed by atoms with Crippen LogP contribution < -0.4 is 11.1 Å². The number of nitrogens with two attached hydrogens (primary N) is 1. The Morgan fingerprint density at radius 2 is 2.21 bits per heavy atom. The van der Waals surface area contributed by atoms with Crippen LogP contribution in [0.1, 0.15) is 24.9 Å². The summed E-state index contributed by atoms with van der Waals surface area (Å²) in [6.45, 7) is 4.01. The van der Waals surface area contributed by atoms with Crippen molar-refractivity contribution in [2.45, 2.75) is 25.4 Å². The van der Waals surface area contributed by atoms with Crippen molar-refractivity contribution in [1.82, 2.24) is 10.2 Å². The second-order valence-electron chi connectivity index (χ2n) is 4.98. The van der Waals surface area contributed by atoms with Gasteiger partial charge in [-0.05, 0) is 24.1 Å². The van der Waals surface area contributed by atoms with Gasteiger partial charge in [0.05, 0.1) is 0 Å². The second-order valence-corrected chi connectivity index (χ2v) is 5.90. The molecule has 2 rings (SSSR count). The number of nitrogens with one attached hydrogen (secondary N) is 1. The van der Waals surface area contributed by atoms with E-state index >= 15 is 0 Å². The maximum Gasteiger partial charge on any atom is 0.217 e. The lowest BCUT2D eigenvalue weighted by Gasteiger charge is -2.27. The number of likely N-dealkylation sites (tertiary alicyclic amines) is 1. The lowest BCUT2D eigenvalue weighted by Crippen LogP contribution is -2.38. The van der Waals surface area contributed by atoms with E-state index in [4.69, 9.17) is 5.73 Å². The molecule has 2 unspecified atom stereocenters. The van der Waals surface area contributed by atoms with Gasteiger partial charge in [-0.25, -0.2) is 0 Å². The van der Waals surface area contributed by atoms with Crippen LogP contribution in [0.15, 0.2) is 28.7 Å². The minimum absolute atomic E-state index is 0.0415. The fraction of sp³-hybridized carbons (Fsp3) is 0.500. The Balaban J connectivity index is 2.03. The first kappa shape index (κ1) is 14.5. The molecule has 1 aromatic carbocycles. The van der Waals surface area contributed by atoms with Crippen LogP contribution in [-0.4, -0.2) is 36.5 Å². The maximum atomic E-state index is 11.1. The molecule has 0 radical (unpaired) electrons. The van der Waals surface area contributed by atoms with Crippen molar-refractivity contribution in [2.24, 2.45) is 5.73 Å². The van der Waals surface area contributed by atoms with E-state index in [1.165, 1.54) is 5.56 Å². The number of halogens is 1. The quantitative estimate of drug-likeness (QED) is 0.885. The van der Waals surface area contributed by atoms with Gasteiger partial charge in [0, 0.05) is 43.1 Å². The molecule has 1 amide bonds. The van der Waals surface area contributed by atoms with Crippen LogP contribution in [0.4, 0.5) is 0 Å². The third kappa shape index (κ3) is 3.78. The van der Waals surface area contributed by atoms with Gasteiger partial charge >= 0.3 is 0 Å². The van der Waals surface area contributed by atoms with Crippen molar-refractivity contribution < 1.29 is 4.79 Å². The molecule has 1 aliphatic heterocycles. The summed E-state index contributed by atoms with van der Waals surface area (Å²) in [5, 5.41) is 2.98. The summed E-state index contributed by atoms with van der Waals surface area (Å²) in [5.74, 6) is 0.0415. The predicted octanol–water partition coefficient (Wildman–Crippen LogP) is 1.66. The van der Waals surface area contributed by atoms with Crippen molar-refractivity contribution in [3.63, 3.8) is 0 Å². The van der Waals surface area contributed by atoms with Gasteiger partial charge in [-0.1, -0.05) is 28.1 Å². The SMILES string of the molecule is CC(=O)NC1CCN(C(CN)c2ccc(Br)cc2)C1. The molecule has 1 aromatic rings. The Hall–Kier alpha value is -0.910. The number of hydrogen-bond acceptors (Lipinski definition) is 3. The first-order chi connectivity index (χ1) is 9.10. The van der Waals surface area contributed by atoms with Gasteiger partial charge in [0.15, 0.2) is 0 Å². The van der Waals surface area contributed by atoms with Crippen molar-refractivity contribution in [3.8, 4) is 0 Å². The average molecular weight is 326 g/mol. The molecule has 0 aromatic heterocycles. The molecule has 19 heavy (non-hydrogen) atoms. The van der Waals surface area contributed by atoms with E-state index in [2.05, 4.69) is 38.3 Å². The minimum atomic E-state index is 0.0415. The monoisotopic (exact) mass is 325 g/mol. The van der Waals surface area contributed by atoms with E-state index < -0.39 is 0 Å². The predicted molar refractivity (Wildman–Crippen MR) is 79.7 cm³/mol. The molecule has 104 valence electrons. The van der Waals surface area contributed by atoms with Gasteiger partial charge in [-0.3, -0.25) is 9.69 Å². The lowest BCUT2D eigenvalue weighted by molar-refractivity contribution is -0.119. The zero-order valence-electron chi connectivity index (χ0n) is 11.1. The number of benzene rings is 1. The average Bonchev–Trinajstić information content (AvgIpc) is 2.80. The highest BCUT2D eigenvalue weighted by atomic mass is 79.9. The molecular formula is C14H20BrN3O. The zero-order chi connectivity index (χ0) is 13.8. The fourth-order valence-corrected chi connectivity index (χ4v) is 2.92. The minimum Gasteiger partial charge on any atom is -0.352 e. The van der Waals surface area contributed by atoms with E-state index in [0.29, 0.717) is 6.54 Å². The number of rotatable bonds is 4. The van der Waals surface area contributed by atoms with E-state index in [0.717, 1.165) is 24.0 Å². The van der Waals surface area contributed by atoms with Crippen LogP contribution in [-0.2, 0) is 4.79 Å². The lowest BCUT2D eigenvalue weighted by atomic mass is 10.1. The summed E-state index contributed by atoms with van der Waals surface area (Å²) in [5.41, 5.74) is 7.16. The summed E-state index contributed by atoms with van der Waals surface area (Å²) < 4.78 is 1.07. The smallest absolute Gasteiger partial charge is 0.217 e. The zero-order valence-corrected chi connectivity index (χ0v) is 12.7. The largest absolute Gasteiger partial charge is 0.352 e. The van der Waals surface area contributed by atoms with Crippen molar-refractivity contribution in [3.05, 3.63) is 34.3 Å². The summed E-state index contributed by atoms with van der Waals surface area (Å²) in [6.07, 6.45) is 0.993. The maximum absolute atomic E-state index is 11.1. The first-order valence-corrected chi connectivity index (χ1v) is 7.36. The third-order valence-corrected chi connectivity index (χ3v) is 4.07. The molecule has 0 spiro atoms. The van der Waals surface area contributed by atoms with Gasteiger partial charge < -0.3 is 11.1 Å². The number of amides is 1. The van der Waals surface area contributed by atoms with E-state index in [9.17, 15) is 4.79 Å². The summed E-state index contributed by atoms with van der Waals surface area (Å²) in [4.78, 5) is 13.4. The molecule has 1 heterocycles. The Kier molecular flexibility index (Phi) is 4.96. The Labute approximate surface area is 122 Å². The highest BCUT2D eigenvalue weighted by Crippen LogP contribution is 2.25. The Morgan fingerprint density at radius 3 is 2.79 bits per heavy atom. The summed E-state index contributed by atoms with van der Waals surface area (Å²) in [6, 6.07) is 8.77. The Bertz CT molecular complexity index is 435. The van der Waals surface area contributed by atoms with Crippen LogP contribution in [0.2, 0.25) is 0 Å². The normalized spacial score (nSPS) is 21.3. The number of hydrogen-bond donors (Lipinski definition) is 2. The number of carbonyl (C=O) groups is 1. The van der Waals surface area contributed by atoms with Crippen LogP contribution in [0.5, 0.6) is 0 Å². The highest BCUT2D eigenvalue weighted by molar-refractivity contribution is 9.10. The molecule has 1 aliphatic rings. The van der Waals surface area contributed by atoms with Crippen LogP contribution >= 0.6 is 15.9 Å². The fourth-order valence-electron chi connectivity index (χ4n) is 2.66. The number of nitrogens with zero attached hydrogens (tertiary/aromatic N) is 1. The topological polar surface area (TPSA) is 58.4 Å². The van der Waals surface area contributed by atoms with E-state index in [-0.39, 0.29) is 18.0 Å². The molecular weight excluding hydrogens is 306 g/mol. The van der Waals surface area contributed by atoms with Crippen molar-refractivity contribution in [1.29, 1.82) is 0 Å². The van der Waals surface area contributed by atoms with Gasteiger partial charge in [-0.15, -0.1) is 0 Å². The third-order valence-electron chi connectivity index (χ3n) is 3.55. The van der Waals surface area contributed by atoms with Gasteiger partial charge in [0.1, 0.15) is 0 Å². The molecule has 0 aliphatic carbocycles. The number of carbonyl (C=O) groups excluding carboxylic acids is 1. The van der Waals surface area contributed by atoms with Gasteiger partial charge in [0.25, 0.3) is 0 Å². The van der Waals surface area contributed by atoms with Crippen LogP contribution in [0.3, 0.4) is 0 Å². The summed E-state index contributed by atoms with van der Waals surface area (Å²) in [7, 11) is 0. The van der Waals surface area contributed by atoms with E-state index in [1.807, 2.05) is 12.1 Å². The standard InChI is InChI=1S/C14H20BrN3O/c1-10(19)17-13-6-7-18(9-13)14(8-16)11-2-4-12(15)5-3-11/h2-5,13-14H,6-9,16H2,1H3,(H,17,19).